The van der Waals surface area contributed by atoms with Gasteiger partial charge in [-0.15, -0.1) is 5.73 Å². The first-order valence-electron chi connectivity index (χ1n) is 10.5. The van der Waals surface area contributed by atoms with E-state index in [1.165, 1.54) is 31.2 Å². The number of aliphatic hydroxyl groups excluding tert-OH is 2. The largest absolute Gasteiger partial charge is 0.453 e. The fraction of sp³-hybridized carbons (Fsp3) is 0.292. The Labute approximate surface area is 202 Å². The lowest BCUT2D eigenvalue weighted by Gasteiger charge is -2.38. The minimum Gasteiger partial charge on any atom is -0.453 e. The van der Waals surface area contributed by atoms with Crippen molar-refractivity contribution < 1.29 is 41.9 Å². The summed E-state index contributed by atoms with van der Waals surface area (Å²) in [5.41, 5.74) is 2.80. The third-order valence-electron chi connectivity index (χ3n) is 5.30. The van der Waals surface area contributed by atoms with Crippen LogP contribution in [0.25, 0.3) is 0 Å². The molecule has 186 valence electrons. The Morgan fingerprint density at radius 2 is 1.51 bits per heavy atom. The number of rotatable bonds is 6. The van der Waals surface area contributed by atoms with Crippen LogP contribution >= 0.6 is 0 Å². The highest BCUT2D eigenvalue weighted by Crippen LogP contribution is 2.24. The summed E-state index contributed by atoms with van der Waals surface area (Å²) in [6.45, 7) is 4.05. The maximum atomic E-state index is 12.9. The number of carbonyl (C=O) groups excluding carboxylic acids is 2. The van der Waals surface area contributed by atoms with Crippen molar-refractivity contribution in [2.75, 3.05) is 6.61 Å². The summed E-state index contributed by atoms with van der Waals surface area (Å²) in [6.07, 6.45) is -6.68. The molecule has 3 rings (SSSR count). The van der Waals surface area contributed by atoms with Gasteiger partial charge in [0, 0.05) is 0 Å². The molecule has 35 heavy (non-hydrogen) atoms. The van der Waals surface area contributed by atoms with Crippen LogP contribution < -0.4 is 4.72 Å². The molecule has 0 unspecified atom stereocenters. The molecule has 0 aliphatic carbocycles. The number of benzene rings is 2. The smallest absolute Gasteiger partial charge is 0.338 e. The molecule has 0 amide bonds. The quantitative estimate of drug-likeness (QED) is 0.389. The van der Waals surface area contributed by atoms with Crippen LogP contribution in [0.3, 0.4) is 0 Å². The summed E-state index contributed by atoms with van der Waals surface area (Å²) in [4.78, 5) is 25.7. The summed E-state index contributed by atoms with van der Waals surface area (Å²) < 4.78 is 42.7. The van der Waals surface area contributed by atoms with E-state index in [2.05, 4.69) is 17.0 Å². The van der Waals surface area contributed by atoms with Gasteiger partial charge in [0.2, 0.25) is 0 Å². The zero-order valence-corrected chi connectivity index (χ0v) is 19.6. The van der Waals surface area contributed by atoms with Gasteiger partial charge in [0.05, 0.1) is 23.8 Å². The van der Waals surface area contributed by atoms with Crippen molar-refractivity contribution in [1.29, 1.82) is 0 Å². The van der Waals surface area contributed by atoms with Gasteiger partial charge in [0.1, 0.15) is 12.2 Å². The number of esters is 2. The minimum atomic E-state index is -4.51. The molecule has 0 spiro atoms. The molecule has 2 aromatic rings. The van der Waals surface area contributed by atoms with Crippen molar-refractivity contribution in [1.82, 2.24) is 4.72 Å². The third kappa shape index (κ3) is 6.64. The van der Waals surface area contributed by atoms with Crippen molar-refractivity contribution in [3.63, 3.8) is 0 Å². The average Bonchev–Trinajstić information content (AvgIpc) is 2.87. The second kappa shape index (κ2) is 11.4. The molecule has 3 N–H and O–H groups in total. The first kappa shape index (κ1) is 26.3. The Morgan fingerprint density at radius 1 is 1.03 bits per heavy atom. The van der Waals surface area contributed by atoms with E-state index in [1.54, 1.807) is 36.4 Å². The van der Waals surface area contributed by atoms with Crippen LogP contribution in [-0.4, -0.2) is 67.6 Å². The number of hydrogen-bond donors (Lipinski definition) is 3. The van der Waals surface area contributed by atoms with Gasteiger partial charge in [0.25, 0.3) is 0 Å². The van der Waals surface area contributed by atoms with Crippen LogP contribution in [0.5, 0.6) is 0 Å². The first-order valence-corrected chi connectivity index (χ1v) is 11.9. The predicted molar refractivity (Wildman–Crippen MR) is 123 cm³/mol. The van der Waals surface area contributed by atoms with E-state index in [9.17, 15) is 28.2 Å². The van der Waals surface area contributed by atoms with Crippen LogP contribution in [0.2, 0.25) is 0 Å². The highest BCUT2D eigenvalue weighted by Gasteiger charge is 2.47. The van der Waals surface area contributed by atoms with E-state index in [-0.39, 0.29) is 16.7 Å². The molecule has 10 nitrogen and oxygen atoms in total. The zero-order chi connectivity index (χ0) is 25.6. The molecular weight excluding hydrogens is 478 g/mol. The van der Waals surface area contributed by atoms with E-state index in [0.717, 1.165) is 0 Å². The van der Waals surface area contributed by atoms with Crippen LogP contribution in [0.15, 0.2) is 78.5 Å². The molecular formula is C24H25NO9S. The van der Waals surface area contributed by atoms with Gasteiger partial charge in [0.15, 0.2) is 12.2 Å². The molecule has 0 aromatic heterocycles. The van der Waals surface area contributed by atoms with E-state index in [1.807, 2.05) is 0 Å². The van der Waals surface area contributed by atoms with Crippen molar-refractivity contribution in [3.8, 4) is 0 Å². The lowest BCUT2D eigenvalue weighted by atomic mass is 9.93. The molecule has 0 radical (unpaired) electrons. The van der Waals surface area contributed by atoms with Gasteiger partial charge < -0.3 is 19.7 Å². The molecule has 1 aliphatic rings. The standard InChI is InChI=1S/C24H25NO9S/c1-3-15(2)20(27)19-22(34-24(29)17-12-8-5-9-13-17)21(18(26)14-32-35(30,31)25-19)33-23(28)16-10-6-4-7-11-16/h4-13,18-22,25-27H,1,14H2,2H3/t18-,19-,20+,21-,22-/m1/s1. The topological polar surface area (TPSA) is 148 Å². The highest BCUT2D eigenvalue weighted by molar-refractivity contribution is 7.84. The highest BCUT2D eigenvalue weighted by atomic mass is 32.2. The second-order valence-corrected chi connectivity index (χ2v) is 9.11. The van der Waals surface area contributed by atoms with Crippen LogP contribution in [0, 0.1) is 0 Å². The molecule has 1 aliphatic heterocycles. The van der Waals surface area contributed by atoms with Gasteiger partial charge in [-0.25, -0.2) is 9.59 Å². The summed E-state index contributed by atoms with van der Waals surface area (Å²) in [7, 11) is -4.51. The van der Waals surface area contributed by atoms with Crippen molar-refractivity contribution in [3.05, 3.63) is 89.7 Å². The normalized spacial score (nSPS) is 24.7. The molecule has 1 saturated heterocycles. The Morgan fingerprint density at radius 3 is 2.00 bits per heavy atom. The van der Waals surface area contributed by atoms with Crippen LogP contribution in [0.1, 0.15) is 27.6 Å². The zero-order valence-electron chi connectivity index (χ0n) is 18.7. The summed E-state index contributed by atoms with van der Waals surface area (Å²) in [6, 6.07) is 14.0. The fourth-order valence-electron chi connectivity index (χ4n) is 3.38. The Bertz CT molecular complexity index is 1190. The van der Waals surface area contributed by atoms with Gasteiger partial charge >= 0.3 is 22.2 Å². The lowest BCUT2D eigenvalue weighted by Crippen LogP contribution is -2.62. The van der Waals surface area contributed by atoms with Crippen LogP contribution in [0.4, 0.5) is 0 Å². The maximum Gasteiger partial charge on any atom is 0.338 e. The number of carbonyl (C=O) groups is 2. The number of hydrogen-bond acceptors (Lipinski definition) is 9. The molecule has 1 heterocycles. The van der Waals surface area contributed by atoms with E-state index in [0.29, 0.717) is 0 Å². The number of ether oxygens (including phenoxy) is 2. The molecule has 0 bridgehead atoms. The summed E-state index contributed by atoms with van der Waals surface area (Å²) in [5.74, 6) is -1.77. The molecule has 2 aromatic carbocycles. The van der Waals surface area contributed by atoms with E-state index >= 15 is 0 Å². The second-order valence-electron chi connectivity index (χ2n) is 7.73. The third-order valence-corrected chi connectivity index (χ3v) is 6.31. The van der Waals surface area contributed by atoms with Crippen LogP contribution in [-0.2, 0) is 24.0 Å². The molecule has 5 atom stereocenters. The Kier molecular flexibility index (Phi) is 8.57. The number of nitrogens with one attached hydrogen (secondary N) is 1. The Balaban J connectivity index is 2.07. The average molecular weight is 504 g/mol. The van der Waals surface area contributed by atoms with E-state index in [4.69, 9.17) is 13.7 Å². The lowest BCUT2D eigenvalue weighted by molar-refractivity contribution is -0.111. The summed E-state index contributed by atoms with van der Waals surface area (Å²) >= 11 is 0. The van der Waals surface area contributed by atoms with Gasteiger partial charge in [-0.1, -0.05) is 43.0 Å². The minimum absolute atomic E-state index is 0.0988. The molecule has 11 heteroatoms. The summed E-state index contributed by atoms with van der Waals surface area (Å²) in [5, 5.41) is 21.6. The van der Waals surface area contributed by atoms with Crippen molar-refractivity contribution in [2.45, 2.75) is 37.4 Å². The van der Waals surface area contributed by atoms with Gasteiger partial charge in [-0.3, -0.25) is 4.18 Å². The van der Waals surface area contributed by atoms with E-state index < -0.39 is 59.3 Å². The first-order chi connectivity index (χ1) is 16.6. The van der Waals surface area contributed by atoms with Crippen molar-refractivity contribution in [2.24, 2.45) is 0 Å². The van der Waals surface area contributed by atoms with Gasteiger partial charge in [-0.05, 0) is 36.8 Å². The van der Waals surface area contributed by atoms with Crippen molar-refractivity contribution >= 4 is 22.2 Å². The fourth-order valence-corrected chi connectivity index (χ4v) is 4.36. The molecule has 0 saturated carbocycles. The molecule has 1 fully saturated rings. The monoisotopic (exact) mass is 503 g/mol. The maximum absolute atomic E-state index is 12.9. The number of aliphatic hydroxyl groups is 2. The Hall–Kier alpha value is -3.31. The van der Waals surface area contributed by atoms with Gasteiger partial charge in [-0.2, -0.15) is 13.1 Å². The predicted octanol–water partition coefficient (Wildman–Crippen LogP) is 1.12. The SMILES string of the molecule is C=C=C(C)[C@H](O)[C@H]1NS(=O)(=O)OC[C@@H](O)[C@@H](OC(=O)c2ccccc2)[C@@H]1OC(=O)c1ccccc1.